The van der Waals surface area contributed by atoms with E-state index in [1.54, 1.807) is 0 Å². The summed E-state index contributed by atoms with van der Waals surface area (Å²) in [7, 11) is 0. The molecule has 0 heterocycles. The van der Waals surface area contributed by atoms with Crippen LogP contribution in [0.2, 0.25) is 5.02 Å². The van der Waals surface area contributed by atoms with Crippen molar-refractivity contribution in [3.05, 3.63) is 63.2 Å². The molecule has 1 N–H and O–H groups in total. The van der Waals surface area contributed by atoms with Gasteiger partial charge in [-0.25, -0.2) is 0 Å². The third-order valence-electron chi connectivity index (χ3n) is 3.33. The van der Waals surface area contributed by atoms with Crippen LogP contribution in [-0.2, 0) is 5.41 Å². The lowest BCUT2D eigenvalue weighted by molar-refractivity contribution is -0.384. The molecule has 0 fully saturated rings. The second-order valence-electron chi connectivity index (χ2n) is 6.21. The first-order chi connectivity index (χ1) is 11.2. The Bertz CT molecular complexity index is 770. The highest BCUT2D eigenvalue weighted by Crippen LogP contribution is 2.30. The lowest BCUT2D eigenvalue weighted by Gasteiger charge is -2.18. The summed E-state index contributed by atoms with van der Waals surface area (Å²) in [5.41, 5.74) is 1.31. The molecular weight excluding hydrogens is 348 g/mol. The van der Waals surface area contributed by atoms with Gasteiger partial charge < -0.3 is 5.32 Å². The van der Waals surface area contributed by atoms with Crippen molar-refractivity contribution >= 4 is 40.0 Å². The van der Waals surface area contributed by atoms with Gasteiger partial charge >= 0.3 is 0 Å². The third-order valence-corrected chi connectivity index (χ3v) is 4.45. The Balaban J connectivity index is 2.08. The summed E-state index contributed by atoms with van der Waals surface area (Å²) >= 11 is 6.97. The van der Waals surface area contributed by atoms with Crippen LogP contribution >= 0.6 is 23.4 Å². The molecule has 2 aromatic carbocycles. The Kier molecular flexibility index (Phi) is 5.51. The number of non-ortho nitro benzene ring substituents is 1. The average Bonchev–Trinajstić information content (AvgIpc) is 2.48. The van der Waals surface area contributed by atoms with Crippen molar-refractivity contribution in [2.24, 2.45) is 0 Å². The molecule has 1 amide bonds. The van der Waals surface area contributed by atoms with Crippen molar-refractivity contribution in [2.75, 3.05) is 5.32 Å². The van der Waals surface area contributed by atoms with E-state index in [0.717, 1.165) is 16.7 Å². The van der Waals surface area contributed by atoms with Crippen LogP contribution in [-0.4, -0.2) is 10.2 Å². The number of hydrogen-bond donors (Lipinski definition) is 1. The molecule has 0 saturated heterocycles. The third kappa shape index (κ3) is 4.72. The number of halogens is 1. The Morgan fingerprint density at radius 3 is 2.33 bits per heavy atom. The molecular formula is C17H17ClN2O3S. The van der Waals surface area contributed by atoms with E-state index in [0.29, 0.717) is 0 Å². The summed E-state index contributed by atoms with van der Waals surface area (Å²) in [4.78, 5) is 23.2. The number of nitrogens with zero attached hydrogens (tertiary/aromatic N) is 1. The van der Waals surface area contributed by atoms with Crippen molar-refractivity contribution in [3.63, 3.8) is 0 Å². The van der Waals surface area contributed by atoms with Crippen LogP contribution in [0.1, 0.15) is 26.3 Å². The summed E-state index contributed by atoms with van der Waals surface area (Å²) in [5, 5.41) is 13.3. The summed E-state index contributed by atoms with van der Waals surface area (Å²) in [5.74, 6) is 0. The first kappa shape index (κ1) is 18.3. The normalized spacial score (nSPS) is 11.2. The predicted octanol–water partition coefficient (Wildman–Crippen LogP) is 5.87. The van der Waals surface area contributed by atoms with Gasteiger partial charge in [0.25, 0.3) is 10.9 Å². The monoisotopic (exact) mass is 364 g/mol. The molecule has 2 aromatic rings. The van der Waals surface area contributed by atoms with E-state index in [1.807, 2.05) is 24.3 Å². The zero-order valence-electron chi connectivity index (χ0n) is 13.5. The molecule has 0 aliphatic heterocycles. The first-order valence-corrected chi connectivity index (χ1v) is 8.39. The predicted molar refractivity (Wildman–Crippen MR) is 98.1 cm³/mol. The Morgan fingerprint density at radius 1 is 1.17 bits per heavy atom. The molecule has 126 valence electrons. The van der Waals surface area contributed by atoms with E-state index in [9.17, 15) is 14.9 Å². The highest BCUT2D eigenvalue weighted by atomic mass is 35.5. The van der Waals surface area contributed by atoms with Gasteiger partial charge in [-0.15, -0.1) is 0 Å². The number of carbonyl (C=O) groups is 1. The fourth-order valence-electron chi connectivity index (χ4n) is 1.99. The van der Waals surface area contributed by atoms with E-state index >= 15 is 0 Å². The highest BCUT2D eigenvalue weighted by Gasteiger charge is 2.15. The second-order valence-corrected chi connectivity index (χ2v) is 7.66. The fourth-order valence-corrected chi connectivity index (χ4v) is 2.80. The zero-order chi connectivity index (χ0) is 17.9. The van der Waals surface area contributed by atoms with Crippen molar-refractivity contribution in [1.82, 2.24) is 0 Å². The summed E-state index contributed by atoms with van der Waals surface area (Å²) in [6.07, 6.45) is 0. The van der Waals surface area contributed by atoms with Crippen LogP contribution < -0.4 is 5.32 Å². The minimum Gasteiger partial charge on any atom is -0.315 e. The van der Waals surface area contributed by atoms with Crippen LogP contribution in [0, 0.1) is 10.1 Å². The van der Waals surface area contributed by atoms with E-state index < -0.39 is 4.92 Å². The molecule has 0 radical (unpaired) electrons. The van der Waals surface area contributed by atoms with Gasteiger partial charge in [-0.05, 0) is 40.9 Å². The summed E-state index contributed by atoms with van der Waals surface area (Å²) in [6.45, 7) is 6.35. The molecule has 0 bridgehead atoms. The van der Waals surface area contributed by atoms with Crippen molar-refractivity contribution in [3.8, 4) is 0 Å². The molecule has 7 heteroatoms. The minimum atomic E-state index is -0.537. The maximum atomic E-state index is 12.1. The van der Waals surface area contributed by atoms with E-state index in [4.69, 9.17) is 11.6 Å². The van der Waals surface area contributed by atoms with Crippen LogP contribution in [0.3, 0.4) is 0 Å². The number of hydrogen-bond acceptors (Lipinski definition) is 4. The maximum Gasteiger partial charge on any atom is 0.288 e. The number of nitro benzene ring substituents is 1. The van der Waals surface area contributed by atoms with Gasteiger partial charge in [0.05, 0.1) is 15.6 Å². The molecule has 0 aliphatic rings. The molecule has 0 aliphatic carbocycles. The van der Waals surface area contributed by atoms with Crippen LogP contribution in [0.25, 0.3) is 0 Å². The van der Waals surface area contributed by atoms with E-state index in [1.165, 1.54) is 23.8 Å². The van der Waals surface area contributed by atoms with E-state index in [2.05, 4.69) is 26.1 Å². The lowest BCUT2D eigenvalue weighted by Crippen LogP contribution is -2.10. The fraction of sp³-hybridized carbons (Fsp3) is 0.235. The highest BCUT2D eigenvalue weighted by molar-refractivity contribution is 8.13. The lowest BCUT2D eigenvalue weighted by atomic mass is 9.87. The van der Waals surface area contributed by atoms with Gasteiger partial charge in [0.15, 0.2) is 0 Å². The number of amides is 1. The Hall–Kier alpha value is -2.05. The molecule has 24 heavy (non-hydrogen) atoms. The second kappa shape index (κ2) is 7.23. The number of nitro groups is 1. The summed E-state index contributed by atoms with van der Waals surface area (Å²) in [6, 6.07) is 11.6. The van der Waals surface area contributed by atoms with Crippen molar-refractivity contribution in [1.29, 1.82) is 0 Å². The number of rotatable bonds is 3. The molecule has 0 spiro atoms. The van der Waals surface area contributed by atoms with Gasteiger partial charge in [0, 0.05) is 17.0 Å². The first-order valence-electron chi connectivity index (χ1n) is 7.20. The molecule has 0 saturated carbocycles. The average molecular weight is 365 g/mol. The number of nitrogens with one attached hydrogen (secondary N) is 1. The number of anilines is 1. The Morgan fingerprint density at radius 2 is 1.79 bits per heavy atom. The van der Waals surface area contributed by atoms with E-state index in [-0.39, 0.29) is 27.1 Å². The minimum absolute atomic E-state index is 0.0436. The molecule has 2 rings (SSSR count). The smallest absolute Gasteiger partial charge is 0.288 e. The number of thioether (sulfide) groups is 1. The van der Waals surface area contributed by atoms with Crippen molar-refractivity contribution < 1.29 is 9.72 Å². The van der Waals surface area contributed by atoms with Crippen LogP contribution in [0.5, 0.6) is 0 Å². The van der Waals surface area contributed by atoms with Gasteiger partial charge in [-0.1, -0.05) is 44.5 Å². The standard InChI is InChI=1S/C17H17ClN2O3S/c1-17(2,3)11-4-7-13(8-5-11)24-16(21)19-15-10-12(20(22)23)6-9-14(15)18/h4-10H,1-3H3,(H,19,21). The quantitative estimate of drug-likeness (QED) is 0.420. The molecule has 0 aromatic heterocycles. The largest absolute Gasteiger partial charge is 0.315 e. The van der Waals surface area contributed by atoms with Gasteiger partial charge in [0.1, 0.15) is 0 Å². The van der Waals surface area contributed by atoms with Gasteiger partial charge in [-0.2, -0.15) is 0 Å². The topological polar surface area (TPSA) is 72.2 Å². The number of benzene rings is 2. The van der Waals surface area contributed by atoms with Crippen LogP contribution in [0.15, 0.2) is 47.4 Å². The van der Waals surface area contributed by atoms with Crippen molar-refractivity contribution in [2.45, 2.75) is 31.1 Å². The molecule has 0 unspecified atom stereocenters. The summed E-state index contributed by atoms with van der Waals surface area (Å²) < 4.78 is 0. The zero-order valence-corrected chi connectivity index (χ0v) is 15.1. The maximum absolute atomic E-state index is 12.1. The molecule has 5 nitrogen and oxygen atoms in total. The van der Waals surface area contributed by atoms with Crippen LogP contribution in [0.4, 0.5) is 16.2 Å². The Labute approximate surface area is 149 Å². The number of carbonyl (C=O) groups excluding carboxylic acids is 1. The molecule has 0 atom stereocenters. The van der Waals surface area contributed by atoms with Gasteiger partial charge in [-0.3, -0.25) is 14.9 Å². The SMILES string of the molecule is CC(C)(C)c1ccc(SC(=O)Nc2cc([N+](=O)[O-])ccc2Cl)cc1. The van der Waals surface area contributed by atoms with Gasteiger partial charge in [0.2, 0.25) is 0 Å².